The Morgan fingerprint density at radius 3 is 2.23 bits per heavy atom. The van der Waals surface area contributed by atoms with Crippen LogP contribution in [0.2, 0.25) is 0 Å². The van der Waals surface area contributed by atoms with E-state index >= 15 is 0 Å². The summed E-state index contributed by atoms with van der Waals surface area (Å²) < 4.78 is 18.3. The van der Waals surface area contributed by atoms with Gasteiger partial charge in [0.2, 0.25) is 5.75 Å². The van der Waals surface area contributed by atoms with Crippen LogP contribution in [0, 0.1) is 0 Å². The van der Waals surface area contributed by atoms with Gasteiger partial charge in [0, 0.05) is 12.5 Å². The summed E-state index contributed by atoms with van der Waals surface area (Å²) in [5.41, 5.74) is 8.30. The molecule has 0 aliphatic rings. The molecule has 0 fully saturated rings. The third-order valence-corrected chi connectivity index (χ3v) is 4.18. The largest absolute Gasteiger partial charge is 0.493 e. The number of rotatable bonds is 6. The second-order valence-corrected chi connectivity index (χ2v) is 6.13. The van der Waals surface area contributed by atoms with Crippen LogP contribution in [0.25, 0.3) is 11.2 Å². The SMILES string of the molecule is COc1cc(Cc2nc3c(N)ncnc3n2C(C)C)cc(OC)c1OC. The lowest BCUT2D eigenvalue weighted by atomic mass is 10.1. The standard InChI is InChI=1S/C18H23N5O3/c1-10(2)23-14(22-15-17(19)20-9-21-18(15)23)8-11-6-12(24-3)16(26-5)13(7-11)25-4/h6-7,9-10H,8H2,1-5H3,(H2,19,20,21). The fourth-order valence-electron chi connectivity index (χ4n) is 3.06. The summed E-state index contributed by atoms with van der Waals surface area (Å²) in [6.07, 6.45) is 2.02. The molecule has 2 aromatic heterocycles. The monoisotopic (exact) mass is 357 g/mol. The third-order valence-electron chi connectivity index (χ3n) is 4.18. The van der Waals surface area contributed by atoms with Crippen LogP contribution in [-0.2, 0) is 6.42 Å². The number of benzene rings is 1. The van der Waals surface area contributed by atoms with Crippen LogP contribution in [0.3, 0.4) is 0 Å². The second-order valence-electron chi connectivity index (χ2n) is 6.13. The molecule has 2 heterocycles. The molecule has 26 heavy (non-hydrogen) atoms. The Hall–Kier alpha value is -3.03. The van der Waals surface area contributed by atoms with Gasteiger partial charge in [0.05, 0.1) is 21.3 Å². The number of hydrogen-bond acceptors (Lipinski definition) is 7. The number of imidazole rings is 1. The number of methoxy groups -OCH3 is 3. The molecule has 3 aromatic rings. The van der Waals surface area contributed by atoms with Crippen molar-refractivity contribution in [2.45, 2.75) is 26.3 Å². The number of nitrogen functional groups attached to an aromatic ring is 1. The van der Waals surface area contributed by atoms with E-state index in [1.54, 1.807) is 21.3 Å². The number of nitrogens with zero attached hydrogens (tertiary/aromatic N) is 4. The molecular formula is C18H23N5O3. The lowest BCUT2D eigenvalue weighted by Gasteiger charge is -2.15. The smallest absolute Gasteiger partial charge is 0.203 e. The van der Waals surface area contributed by atoms with Gasteiger partial charge >= 0.3 is 0 Å². The molecule has 0 unspecified atom stereocenters. The Kier molecular flexibility index (Phi) is 4.83. The van der Waals surface area contributed by atoms with Crippen LogP contribution in [0.5, 0.6) is 17.2 Å². The first kappa shape index (κ1) is 17.8. The highest BCUT2D eigenvalue weighted by molar-refractivity contribution is 5.82. The molecule has 3 rings (SSSR count). The molecule has 0 aliphatic heterocycles. The molecule has 0 atom stereocenters. The van der Waals surface area contributed by atoms with Crippen LogP contribution >= 0.6 is 0 Å². The van der Waals surface area contributed by atoms with Gasteiger partial charge in [0.15, 0.2) is 28.5 Å². The van der Waals surface area contributed by atoms with Crippen LogP contribution in [-0.4, -0.2) is 40.8 Å². The van der Waals surface area contributed by atoms with Gasteiger partial charge in [-0.3, -0.25) is 0 Å². The number of anilines is 1. The van der Waals surface area contributed by atoms with E-state index in [9.17, 15) is 0 Å². The topological polar surface area (TPSA) is 97.3 Å². The summed E-state index contributed by atoms with van der Waals surface area (Å²) in [6.45, 7) is 4.16. The minimum absolute atomic E-state index is 0.173. The first-order chi connectivity index (χ1) is 12.5. The molecule has 0 aliphatic carbocycles. The second kappa shape index (κ2) is 7.07. The minimum atomic E-state index is 0.173. The summed E-state index contributed by atoms with van der Waals surface area (Å²) in [7, 11) is 4.78. The zero-order chi connectivity index (χ0) is 18.8. The predicted octanol–water partition coefficient (Wildman–Crippen LogP) is 2.61. The maximum atomic E-state index is 5.98. The third kappa shape index (κ3) is 2.98. The Morgan fingerprint density at radius 1 is 1.04 bits per heavy atom. The first-order valence-corrected chi connectivity index (χ1v) is 8.26. The zero-order valence-electron chi connectivity index (χ0n) is 15.6. The lowest BCUT2D eigenvalue weighted by molar-refractivity contribution is 0.324. The fourth-order valence-corrected chi connectivity index (χ4v) is 3.06. The average Bonchev–Trinajstić information content (AvgIpc) is 3.00. The number of nitrogens with two attached hydrogens (primary N) is 1. The summed E-state index contributed by atoms with van der Waals surface area (Å²) in [5.74, 6) is 2.99. The van der Waals surface area contributed by atoms with Crippen molar-refractivity contribution in [2.24, 2.45) is 0 Å². The van der Waals surface area contributed by atoms with Crippen molar-refractivity contribution in [1.29, 1.82) is 0 Å². The van der Waals surface area contributed by atoms with Crippen molar-refractivity contribution in [3.05, 3.63) is 29.8 Å². The summed E-state index contributed by atoms with van der Waals surface area (Å²) in [6, 6.07) is 4.01. The van der Waals surface area contributed by atoms with E-state index in [0.29, 0.717) is 35.0 Å². The van der Waals surface area contributed by atoms with Crippen molar-refractivity contribution in [3.8, 4) is 17.2 Å². The number of hydrogen-bond donors (Lipinski definition) is 1. The van der Waals surface area contributed by atoms with Gasteiger partial charge in [0.25, 0.3) is 0 Å². The molecule has 8 heteroatoms. The summed E-state index contributed by atoms with van der Waals surface area (Å²) in [4.78, 5) is 13.1. The fraction of sp³-hybridized carbons (Fsp3) is 0.389. The van der Waals surface area contributed by atoms with Gasteiger partial charge in [-0.2, -0.15) is 0 Å². The molecule has 0 saturated heterocycles. The Morgan fingerprint density at radius 2 is 1.69 bits per heavy atom. The lowest BCUT2D eigenvalue weighted by Crippen LogP contribution is -2.08. The number of ether oxygens (including phenoxy) is 3. The Labute approximate surface area is 151 Å². The van der Waals surface area contributed by atoms with Crippen LogP contribution < -0.4 is 19.9 Å². The van der Waals surface area contributed by atoms with E-state index in [1.807, 2.05) is 12.1 Å². The van der Waals surface area contributed by atoms with Gasteiger partial charge < -0.3 is 24.5 Å². The normalized spacial score (nSPS) is 11.2. The molecule has 138 valence electrons. The number of fused-ring (bicyclic) bond motifs is 1. The van der Waals surface area contributed by atoms with Crippen molar-refractivity contribution >= 4 is 17.0 Å². The Bertz CT molecular complexity index is 911. The van der Waals surface area contributed by atoms with Gasteiger partial charge in [-0.05, 0) is 31.5 Å². The molecule has 0 amide bonds. The average molecular weight is 357 g/mol. The highest BCUT2D eigenvalue weighted by Gasteiger charge is 2.19. The van der Waals surface area contributed by atoms with Gasteiger partial charge in [0.1, 0.15) is 12.2 Å². The molecular weight excluding hydrogens is 334 g/mol. The maximum Gasteiger partial charge on any atom is 0.203 e. The minimum Gasteiger partial charge on any atom is -0.493 e. The van der Waals surface area contributed by atoms with Gasteiger partial charge in [-0.15, -0.1) is 0 Å². The maximum absolute atomic E-state index is 5.98. The van der Waals surface area contributed by atoms with E-state index in [-0.39, 0.29) is 6.04 Å². The Balaban J connectivity index is 2.12. The van der Waals surface area contributed by atoms with E-state index in [2.05, 4.69) is 33.4 Å². The number of aromatic nitrogens is 4. The first-order valence-electron chi connectivity index (χ1n) is 8.26. The molecule has 8 nitrogen and oxygen atoms in total. The highest BCUT2D eigenvalue weighted by atomic mass is 16.5. The highest BCUT2D eigenvalue weighted by Crippen LogP contribution is 2.39. The summed E-state index contributed by atoms with van der Waals surface area (Å²) >= 11 is 0. The van der Waals surface area contributed by atoms with Crippen molar-refractivity contribution < 1.29 is 14.2 Å². The van der Waals surface area contributed by atoms with Crippen molar-refractivity contribution in [3.63, 3.8) is 0 Å². The van der Waals surface area contributed by atoms with Crippen LogP contribution in [0.15, 0.2) is 18.5 Å². The predicted molar refractivity (Wildman–Crippen MR) is 99.0 cm³/mol. The van der Waals surface area contributed by atoms with Crippen LogP contribution in [0.4, 0.5) is 5.82 Å². The molecule has 0 saturated carbocycles. The van der Waals surface area contributed by atoms with E-state index < -0.39 is 0 Å². The van der Waals surface area contributed by atoms with E-state index in [1.165, 1.54) is 6.33 Å². The molecule has 2 N–H and O–H groups in total. The van der Waals surface area contributed by atoms with Crippen LogP contribution in [0.1, 0.15) is 31.3 Å². The van der Waals surface area contributed by atoms with Gasteiger partial charge in [-0.1, -0.05) is 0 Å². The molecule has 0 radical (unpaired) electrons. The van der Waals surface area contributed by atoms with E-state index in [0.717, 1.165) is 17.0 Å². The van der Waals surface area contributed by atoms with Gasteiger partial charge in [-0.25, -0.2) is 15.0 Å². The molecule has 0 bridgehead atoms. The molecule has 1 aromatic carbocycles. The summed E-state index contributed by atoms with van der Waals surface area (Å²) in [5, 5.41) is 0. The van der Waals surface area contributed by atoms with E-state index in [4.69, 9.17) is 19.9 Å². The quantitative estimate of drug-likeness (QED) is 0.724. The van der Waals surface area contributed by atoms with Crippen molar-refractivity contribution in [2.75, 3.05) is 27.1 Å². The zero-order valence-corrected chi connectivity index (χ0v) is 15.6. The molecule has 0 spiro atoms. The van der Waals surface area contributed by atoms with Crippen molar-refractivity contribution in [1.82, 2.24) is 19.5 Å².